The van der Waals surface area contributed by atoms with Gasteiger partial charge in [0, 0.05) is 12.6 Å². The summed E-state index contributed by atoms with van der Waals surface area (Å²) >= 11 is 0. The van der Waals surface area contributed by atoms with E-state index < -0.39 is 5.69 Å². The molecule has 9 heteroatoms. The Labute approximate surface area is 180 Å². The molecule has 0 saturated carbocycles. The fourth-order valence-corrected chi connectivity index (χ4v) is 3.14. The van der Waals surface area contributed by atoms with E-state index in [9.17, 15) is 15.0 Å². The van der Waals surface area contributed by atoms with Gasteiger partial charge in [0.2, 0.25) is 0 Å². The van der Waals surface area contributed by atoms with Gasteiger partial charge in [0.25, 0.3) is 0 Å². The second kappa shape index (κ2) is 10.1. The molecule has 0 aliphatic heterocycles. The average molecular weight is 428 g/mol. The summed E-state index contributed by atoms with van der Waals surface area (Å²) in [6.45, 7) is 6.15. The van der Waals surface area contributed by atoms with Gasteiger partial charge >= 0.3 is 5.69 Å². The van der Waals surface area contributed by atoms with E-state index in [0.717, 1.165) is 6.54 Å². The van der Waals surface area contributed by atoms with Gasteiger partial charge in [0.05, 0.1) is 24.5 Å². The van der Waals surface area contributed by atoms with Crippen LogP contribution in [0.25, 0.3) is 17.1 Å². The molecule has 31 heavy (non-hydrogen) atoms. The first kappa shape index (κ1) is 22.4. The van der Waals surface area contributed by atoms with E-state index >= 15 is 0 Å². The van der Waals surface area contributed by atoms with E-state index in [1.54, 1.807) is 30.3 Å². The number of nitrogens with one attached hydrogen (secondary N) is 2. The Morgan fingerprint density at radius 1 is 1.10 bits per heavy atom. The lowest BCUT2D eigenvalue weighted by Crippen LogP contribution is -2.17. The second-order valence-electron chi connectivity index (χ2n) is 7.33. The highest BCUT2D eigenvalue weighted by molar-refractivity contribution is 5.69. The highest BCUT2D eigenvalue weighted by Crippen LogP contribution is 2.37. The van der Waals surface area contributed by atoms with Gasteiger partial charge in [0.15, 0.2) is 5.82 Å². The van der Waals surface area contributed by atoms with Crippen molar-refractivity contribution in [1.29, 1.82) is 0 Å². The summed E-state index contributed by atoms with van der Waals surface area (Å²) in [4.78, 5) is 12.5. The number of rotatable bonds is 10. The molecule has 0 amide bonds. The fourth-order valence-electron chi connectivity index (χ4n) is 3.14. The van der Waals surface area contributed by atoms with Crippen molar-refractivity contribution < 1.29 is 19.7 Å². The number of aromatic nitrogens is 3. The summed E-state index contributed by atoms with van der Waals surface area (Å²) in [6, 6.07) is 9.89. The maximum absolute atomic E-state index is 12.5. The molecule has 0 radical (unpaired) electrons. The van der Waals surface area contributed by atoms with E-state index in [1.807, 2.05) is 20.9 Å². The first-order valence-electron chi connectivity index (χ1n) is 10.1. The van der Waals surface area contributed by atoms with Crippen LogP contribution < -0.4 is 15.7 Å². The fraction of sp³-hybridized carbons (Fsp3) is 0.364. The van der Waals surface area contributed by atoms with Crippen LogP contribution >= 0.6 is 0 Å². The number of likely N-dealkylation sites (N-methyl/N-ethyl adjacent to an activating group) is 1. The SMILES string of the molecule is CNCCOCCOc1ccc(-n2c(-c3cc(C(C)C)c(O)cc3O)n[nH]c2=O)cc1. The molecule has 4 N–H and O–H groups in total. The smallest absolute Gasteiger partial charge is 0.348 e. The molecule has 2 aromatic carbocycles. The van der Waals surface area contributed by atoms with Crippen LogP contribution in [0, 0.1) is 0 Å². The van der Waals surface area contributed by atoms with Crippen molar-refractivity contribution in [3.8, 4) is 34.3 Å². The van der Waals surface area contributed by atoms with Gasteiger partial charge in [-0.1, -0.05) is 13.8 Å². The zero-order valence-corrected chi connectivity index (χ0v) is 17.9. The molecule has 0 atom stereocenters. The van der Waals surface area contributed by atoms with Crippen molar-refractivity contribution in [2.45, 2.75) is 19.8 Å². The van der Waals surface area contributed by atoms with Crippen molar-refractivity contribution in [3.63, 3.8) is 0 Å². The minimum Gasteiger partial charge on any atom is -0.508 e. The number of hydrogen-bond acceptors (Lipinski definition) is 7. The number of ether oxygens (including phenoxy) is 2. The van der Waals surface area contributed by atoms with Crippen LogP contribution in [-0.4, -0.2) is 58.4 Å². The summed E-state index contributed by atoms with van der Waals surface area (Å²) in [7, 11) is 1.87. The number of aromatic hydroxyl groups is 2. The topological polar surface area (TPSA) is 122 Å². The standard InChI is InChI=1S/C22H28N4O5/c1-14(2)17-12-18(20(28)13-19(17)27)21-24-25-22(29)26(21)15-4-6-16(7-5-15)31-11-10-30-9-8-23-3/h4-7,12-14,23,27-28H,8-11H2,1-3H3,(H,25,29). The summed E-state index contributed by atoms with van der Waals surface area (Å²) in [5.74, 6) is 0.749. The lowest BCUT2D eigenvalue weighted by Gasteiger charge is -2.13. The highest BCUT2D eigenvalue weighted by atomic mass is 16.5. The Morgan fingerprint density at radius 3 is 2.52 bits per heavy atom. The summed E-state index contributed by atoms with van der Waals surface area (Å²) < 4.78 is 12.4. The van der Waals surface area contributed by atoms with Crippen LogP contribution in [0.2, 0.25) is 0 Å². The molecule has 0 spiro atoms. The van der Waals surface area contributed by atoms with E-state index in [0.29, 0.717) is 42.4 Å². The van der Waals surface area contributed by atoms with Gasteiger partial charge in [0.1, 0.15) is 23.9 Å². The minimum absolute atomic E-state index is 0.00267. The first-order valence-corrected chi connectivity index (χ1v) is 10.1. The van der Waals surface area contributed by atoms with Crippen molar-refractivity contribution in [3.05, 3.63) is 52.4 Å². The number of nitrogens with zero attached hydrogens (tertiary/aromatic N) is 2. The quantitative estimate of drug-likeness (QED) is 0.366. The van der Waals surface area contributed by atoms with Crippen LogP contribution in [-0.2, 0) is 4.74 Å². The van der Waals surface area contributed by atoms with Gasteiger partial charge in [-0.05, 0) is 48.9 Å². The molecule has 3 rings (SSSR count). The third-order valence-corrected chi connectivity index (χ3v) is 4.77. The molecule has 0 fully saturated rings. The predicted molar refractivity (Wildman–Crippen MR) is 117 cm³/mol. The molecule has 3 aromatic rings. The molecule has 1 aromatic heterocycles. The van der Waals surface area contributed by atoms with Gasteiger partial charge < -0.3 is 25.0 Å². The monoisotopic (exact) mass is 428 g/mol. The summed E-state index contributed by atoms with van der Waals surface area (Å²) in [5.41, 5.74) is 1.11. The zero-order chi connectivity index (χ0) is 22.4. The van der Waals surface area contributed by atoms with E-state index in [2.05, 4.69) is 15.5 Å². The second-order valence-corrected chi connectivity index (χ2v) is 7.33. The van der Waals surface area contributed by atoms with Crippen LogP contribution in [0.5, 0.6) is 17.2 Å². The largest absolute Gasteiger partial charge is 0.508 e. The molecule has 0 aliphatic rings. The number of benzene rings is 2. The number of hydrogen-bond donors (Lipinski definition) is 4. The van der Waals surface area contributed by atoms with Gasteiger partial charge in [-0.2, -0.15) is 5.10 Å². The van der Waals surface area contributed by atoms with Crippen LogP contribution in [0.3, 0.4) is 0 Å². The third-order valence-electron chi connectivity index (χ3n) is 4.77. The van der Waals surface area contributed by atoms with Crippen LogP contribution in [0.15, 0.2) is 41.2 Å². The van der Waals surface area contributed by atoms with Crippen molar-refractivity contribution in [2.75, 3.05) is 33.4 Å². The molecule has 0 bridgehead atoms. The lowest BCUT2D eigenvalue weighted by molar-refractivity contribution is 0.103. The molecular weight excluding hydrogens is 400 g/mol. The maximum atomic E-state index is 12.5. The van der Waals surface area contributed by atoms with Crippen LogP contribution in [0.4, 0.5) is 0 Å². The Balaban J connectivity index is 1.82. The maximum Gasteiger partial charge on any atom is 0.348 e. The Morgan fingerprint density at radius 2 is 1.84 bits per heavy atom. The number of phenols is 2. The normalized spacial score (nSPS) is 11.2. The molecule has 0 unspecified atom stereocenters. The zero-order valence-electron chi connectivity index (χ0n) is 17.9. The van der Waals surface area contributed by atoms with Crippen molar-refractivity contribution in [1.82, 2.24) is 20.1 Å². The van der Waals surface area contributed by atoms with E-state index in [4.69, 9.17) is 9.47 Å². The third kappa shape index (κ3) is 5.25. The lowest BCUT2D eigenvalue weighted by atomic mass is 9.98. The average Bonchev–Trinajstić information content (AvgIpc) is 3.12. The molecule has 166 valence electrons. The minimum atomic E-state index is -0.444. The van der Waals surface area contributed by atoms with Gasteiger partial charge in [-0.15, -0.1) is 0 Å². The molecule has 0 saturated heterocycles. The molecular formula is C22H28N4O5. The Kier molecular flexibility index (Phi) is 7.32. The predicted octanol–water partition coefficient (Wildman–Crippen LogP) is 2.38. The number of aromatic amines is 1. The van der Waals surface area contributed by atoms with Crippen molar-refractivity contribution >= 4 is 0 Å². The molecule has 0 aliphatic carbocycles. The number of phenolic OH excluding ortho intramolecular Hbond substituents is 2. The highest BCUT2D eigenvalue weighted by Gasteiger charge is 2.19. The van der Waals surface area contributed by atoms with Crippen molar-refractivity contribution in [2.24, 2.45) is 0 Å². The Bertz CT molecular complexity index is 1060. The van der Waals surface area contributed by atoms with E-state index in [-0.39, 0.29) is 23.2 Å². The van der Waals surface area contributed by atoms with E-state index in [1.165, 1.54) is 10.6 Å². The Hall–Kier alpha value is -3.30. The number of H-pyrrole nitrogens is 1. The van der Waals surface area contributed by atoms with Gasteiger partial charge in [-0.3, -0.25) is 0 Å². The molecule has 1 heterocycles. The van der Waals surface area contributed by atoms with Gasteiger partial charge in [-0.25, -0.2) is 14.5 Å². The molecule has 9 nitrogen and oxygen atoms in total. The summed E-state index contributed by atoms with van der Waals surface area (Å²) in [5, 5.41) is 30.0. The summed E-state index contributed by atoms with van der Waals surface area (Å²) in [6.07, 6.45) is 0. The first-order chi connectivity index (χ1) is 14.9. The van der Waals surface area contributed by atoms with Crippen LogP contribution in [0.1, 0.15) is 25.3 Å².